The molecule has 94 valence electrons. The largest absolute Gasteiger partial charge is 0.399 e. The molecule has 0 aliphatic heterocycles. The van der Waals surface area contributed by atoms with Crippen molar-refractivity contribution in [2.24, 2.45) is 0 Å². The second-order valence-corrected chi connectivity index (χ2v) is 4.76. The highest BCUT2D eigenvalue weighted by Crippen LogP contribution is 2.14. The monoisotopic (exact) mass is 241 g/mol. The third-order valence-corrected chi connectivity index (χ3v) is 3.01. The second kappa shape index (κ2) is 5.17. The molecule has 0 aliphatic carbocycles. The van der Waals surface area contributed by atoms with E-state index in [1.807, 2.05) is 32.9 Å². The first-order chi connectivity index (χ1) is 8.54. The lowest BCUT2D eigenvalue weighted by atomic mass is 10.1. The first-order valence-electron chi connectivity index (χ1n) is 6.21. The van der Waals surface area contributed by atoms with E-state index in [0.29, 0.717) is 0 Å². The van der Waals surface area contributed by atoms with Crippen LogP contribution in [-0.4, -0.2) is 9.97 Å². The molecule has 0 atom stereocenters. The minimum Gasteiger partial charge on any atom is -0.399 e. The molecule has 0 bridgehead atoms. The van der Waals surface area contributed by atoms with Gasteiger partial charge in [0.1, 0.15) is 5.82 Å². The quantitative estimate of drug-likeness (QED) is 0.841. The Morgan fingerprint density at radius 2 is 1.61 bits per heavy atom. The van der Waals surface area contributed by atoms with Gasteiger partial charge in [-0.2, -0.15) is 0 Å². The number of nitrogens with two attached hydrogens (primary N) is 1. The number of hydrogen-bond acceptors (Lipinski definition) is 3. The molecule has 0 radical (unpaired) electrons. The van der Waals surface area contributed by atoms with Gasteiger partial charge in [0.15, 0.2) is 0 Å². The molecule has 2 aromatic rings. The fraction of sp³-hybridized carbons (Fsp3) is 0.333. The van der Waals surface area contributed by atoms with E-state index in [-0.39, 0.29) is 0 Å². The molecular weight excluding hydrogens is 222 g/mol. The van der Waals surface area contributed by atoms with Crippen molar-refractivity contribution < 1.29 is 0 Å². The normalized spacial score (nSPS) is 10.6. The van der Waals surface area contributed by atoms with E-state index >= 15 is 0 Å². The molecule has 2 N–H and O–H groups in total. The summed E-state index contributed by atoms with van der Waals surface area (Å²) in [5.74, 6) is 0.909. The zero-order valence-electron chi connectivity index (χ0n) is 11.2. The molecule has 1 aromatic carbocycles. The summed E-state index contributed by atoms with van der Waals surface area (Å²) < 4.78 is 0. The van der Waals surface area contributed by atoms with Crippen LogP contribution in [0.4, 0.5) is 5.69 Å². The Morgan fingerprint density at radius 3 is 2.22 bits per heavy atom. The zero-order chi connectivity index (χ0) is 13.1. The number of hydrogen-bond donors (Lipinski definition) is 1. The Hall–Kier alpha value is -1.90. The molecule has 1 heterocycles. The topological polar surface area (TPSA) is 51.8 Å². The summed E-state index contributed by atoms with van der Waals surface area (Å²) in [6.07, 6.45) is 1.78. The van der Waals surface area contributed by atoms with Crippen molar-refractivity contribution in [3.63, 3.8) is 0 Å². The van der Waals surface area contributed by atoms with Gasteiger partial charge in [0, 0.05) is 23.5 Å². The van der Waals surface area contributed by atoms with E-state index in [4.69, 9.17) is 5.73 Å². The van der Waals surface area contributed by atoms with Gasteiger partial charge < -0.3 is 5.73 Å². The van der Waals surface area contributed by atoms with Gasteiger partial charge >= 0.3 is 0 Å². The number of aromatic nitrogens is 2. The highest BCUT2D eigenvalue weighted by Gasteiger charge is 2.02. The fourth-order valence-corrected chi connectivity index (χ4v) is 2.01. The Morgan fingerprint density at radius 1 is 0.944 bits per heavy atom. The first kappa shape index (κ1) is 12.6. The van der Waals surface area contributed by atoms with Crippen LogP contribution in [0.2, 0.25) is 0 Å². The Labute approximate surface area is 108 Å². The van der Waals surface area contributed by atoms with Crippen molar-refractivity contribution in [3.8, 4) is 0 Å². The maximum absolute atomic E-state index is 5.91. The van der Waals surface area contributed by atoms with Crippen LogP contribution in [0, 0.1) is 20.8 Å². The van der Waals surface area contributed by atoms with Crippen LogP contribution in [0.25, 0.3) is 0 Å². The predicted octanol–water partition coefficient (Wildman–Crippen LogP) is 2.77. The van der Waals surface area contributed by atoms with Crippen LogP contribution in [0.15, 0.2) is 24.3 Å². The Balaban J connectivity index is 2.08. The number of benzene rings is 1. The summed E-state index contributed by atoms with van der Waals surface area (Å²) in [5.41, 5.74) is 11.2. The summed E-state index contributed by atoms with van der Waals surface area (Å²) >= 11 is 0. The van der Waals surface area contributed by atoms with Crippen LogP contribution in [0.3, 0.4) is 0 Å². The number of rotatable bonds is 3. The van der Waals surface area contributed by atoms with E-state index in [9.17, 15) is 0 Å². The standard InChI is InChI=1S/C15H19N3/c1-10-4-5-13(9-14(10)16)6-7-15-17-11(2)8-12(3)18-15/h4-5,8-9H,6-7,16H2,1-3H3. The molecular formula is C15H19N3. The van der Waals surface area contributed by atoms with E-state index in [0.717, 1.165) is 41.3 Å². The van der Waals surface area contributed by atoms with Crippen LogP contribution in [0.5, 0.6) is 0 Å². The summed E-state index contributed by atoms with van der Waals surface area (Å²) in [4.78, 5) is 8.89. The van der Waals surface area contributed by atoms with E-state index in [1.54, 1.807) is 0 Å². The van der Waals surface area contributed by atoms with Gasteiger partial charge in [0.25, 0.3) is 0 Å². The molecule has 3 nitrogen and oxygen atoms in total. The van der Waals surface area contributed by atoms with E-state index in [1.165, 1.54) is 5.56 Å². The smallest absolute Gasteiger partial charge is 0.129 e. The van der Waals surface area contributed by atoms with Crippen LogP contribution >= 0.6 is 0 Å². The molecule has 18 heavy (non-hydrogen) atoms. The molecule has 0 amide bonds. The van der Waals surface area contributed by atoms with Crippen molar-refractivity contribution in [3.05, 3.63) is 52.6 Å². The molecule has 0 unspecified atom stereocenters. The van der Waals surface area contributed by atoms with Crippen LogP contribution < -0.4 is 5.73 Å². The van der Waals surface area contributed by atoms with E-state index in [2.05, 4.69) is 22.1 Å². The van der Waals surface area contributed by atoms with Gasteiger partial charge in [0.2, 0.25) is 0 Å². The summed E-state index contributed by atoms with van der Waals surface area (Å²) in [7, 11) is 0. The lowest BCUT2D eigenvalue weighted by Crippen LogP contribution is -2.02. The van der Waals surface area contributed by atoms with Gasteiger partial charge in [0.05, 0.1) is 0 Å². The number of nitrogens with zero attached hydrogens (tertiary/aromatic N) is 2. The van der Waals surface area contributed by atoms with Gasteiger partial charge in [-0.05, 0) is 50.5 Å². The molecule has 0 saturated heterocycles. The van der Waals surface area contributed by atoms with Gasteiger partial charge in [-0.15, -0.1) is 0 Å². The van der Waals surface area contributed by atoms with Crippen LogP contribution in [-0.2, 0) is 12.8 Å². The molecule has 0 spiro atoms. The number of nitrogen functional groups attached to an aromatic ring is 1. The van der Waals surface area contributed by atoms with Gasteiger partial charge in [-0.1, -0.05) is 12.1 Å². The molecule has 0 fully saturated rings. The van der Waals surface area contributed by atoms with Gasteiger partial charge in [-0.25, -0.2) is 9.97 Å². The third-order valence-electron chi connectivity index (χ3n) is 3.01. The number of anilines is 1. The highest BCUT2D eigenvalue weighted by molar-refractivity contribution is 5.48. The number of aryl methyl sites for hydroxylation is 5. The first-order valence-corrected chi connectivity index (χ1v) is 6.21. The van der Waals surface area contributed by atoms with Crippen molar-refractivity contribution in [2.75, 3.05) is 5.73 Å². The Kier molecular flexibility index (Phi) is 3.60. The van der Waals surface area contributed by atoms with E-state index < -0.39 is 0 Å². The minimum absolute atomic E-state index is 0.852. The van der Waals surface area contributed by atoms with Gasteiger partial charge in [-0.3, -0.25) is 0 Å². The maximum Gasteiger partial charge on any atom is 0.129 e. The molecule has 0 aliphatic rings. The third kappa shape index (κ3) is 3.06. The SMILES string of the molecule is Cc1cc(C)nc(CCc2ccc(C)c(N)c2)n1. The fourth-order valence-electron chi connectivity index (χ4n) is 2.01. The van der Waals surface area contributed by atoms with Crippen molar-refractivity contribution in [2.45, 2.75) is 33.6 Å². The highest BCUT2D eigenvalue weighted by atomic mass is 14.9. The van der Waals surface area contributed by atoms with Crippen LogP contribution in [0.1, 0.15) is 28.3 Å². The van der Waals surface area contributed by atoms with Crippen molar-refractivity contribution in [1.82, 2.24) is 9.97 Å². The molecule has 3 heteroatoms. The molecule has 1 aromatic heterocycles. The van der Waals surface area contributed by atoms with Crippen molar-refractivity contribution >= 4 is 5.69 Å². The summed E-state index contributed by atoms with van der Waals surface area (Å²) in [6.45, 7) is 6.02. The van der Waals surface area contributed by atoms with Crippen molar-refractivity contribution in [1.29, 1.82) is 0 Å². The minimum atomic E-state index is 0.852. The molecule has 2 rings (SSSR count). The average Bonchev–Trinajstić information content (AvgIpc) is 2.29. The summed E-state index contributed by atoms with van der Waals surface area (Å²) in [5, 5.41) is 0. The Bertz CT molecular complexity index is 541. The maximum atomic E-state index is 5.91. The predicted molar refractivity (Wildman–Crippen MR) is 74.5 cm³/mol. The molecule has 0 saturated carbocycles. The summed E-state index contributed by atoms with van der Waals surface area (Å²) in [6, 6.07) is 8.21. The second-order valence-electron chi connectivity index (χ2n) is 4.76. The average molecular weight is 241 g/mol. The lowest BCUT2D eigenvalue weighted by Gasteiger charge is -2.06. The zero-order valence-corrected chi connectivity index (χ0v) is 11.2. The lowest BCUT2D eigenvalue weighted by molar-refractivity contribution is 0.834.